The lowest BCUT2D eigenvalue weighted by molar-refractivity contribution is -0.117. The van der Waals surface area contributed by atoms with E-state index in [1.165, 1.54) is 4.31 Å². The van der Waals surface area contributed by atoms with Crippen LogP contribution in [0.4, 0.5) is 5.69 Å². The first-order valence-electron chi connectivity index (χ1n) is 11.0. The van der Waals surface area contributed by atoms with Crippen molar-refractivity contribution in [2.45, 2.75) is 44.0 Å². The molecule has 174 valence electrons. The second-order valence-electron chi connectivity index (χ2n) is 8.32. The number of amides is 1. The van der Waals surface area contributed by atoms with Crippen molar-refractivity contribution in [1.29, 1.82) is 0 Å². The Kier molecular flexibility index (Phi) is 7.92. The minimum absolute atomic E-state index is 0.0381. The van der Waals surface area contributed by atoms with Gasteiger partial charge in [0.1, 0.15) is 5.75 Å². The Bertz CT molecular complexity index is 1050. The summed E-state index contributed by atoms with van der Waals surface area (Å²) in [6.07, 6.45) is 2.82. The highest BCUT2D eigenvalue weighted by atomic mass is 32.2. The summed E-state index contributed by atoms with van der Waals surface area (Å²) in [5, 5.41) is 2.90. The van der Waals surface area contributed by atoms with Crippen LogP contribution in [0.25, 0.3) is 0 Å². The molecule has 0 bridgehead atoms. The first kappa shape index (κ1) is 24.2. The number of likely N-dealkylation sites (N-methyl/N-ethyl adjacent to an activating group) is 1. The molecule has 0 aromatic heterocycles. The van der Waals surface area contributed by atoms with Crippen LogP contribution in [0.2, 0.25) is 0 Å². The topological polar surface area (TPSA) is 79.0 Å². The number of carbonyl (C=O) groups is 1. The molecule has 3 rings (SSSR count). The summed E-state index contributed by atoms with van der Waals surface area (Å²) < 4.78 is 33.0. The molecule has 8 heteroatoms. The van der Waals surface area contributed by atoms with Gasteiger partial charge in [0.2, 0.25) is 15.9 Å². The van der Waals surface area contributed by atoms with E-state index in [1.807, 2.05) is 50.1 Å². The summed E-state index contributed by atoms with van der Waals surface area (Å²) in [5.41, 5.74) is 2.33. The van der Waals surface area contributed by atoms with Crippen LogP contribution in [-0.4, -0.2) is 57.3 Å². The monoisotopic (exact) mass is 459 g/mol. The molecule has 1 heterocycles. The number of hydrogen-bond donors (Lipinski definition) is 1. The molecular weight excluding hydrogens is 426 g/mol. The van der Waals surface area contributed by atoms with Gasteiger partial charge in [-0.25, -0.2) is 8.42 Å². The number of methoxy groups -OCH3 is 1. The maximum atomic E-state index is 13.0. The molecule has 7 nitrogen and oxygen atoms in total. The predicted molar refractivity (Wildman–Crippen MR) is 126 cm³/mol. The first-order chi connectivity index (χ1) is 15.2. The maximum absolute atomic E-state index is 13.0. The van der Waals surface area contributed by atoms with Gasteiger partial charge in [-0.15, -0.1) is 0 Å². The summed E-state index contributed by atoms with van der Waals surface area (Å²) in [7, 11) is -0.0529. The minimum atomic E-state index is -3.56. The van der Waals surface area contributed by atoms with Crippen LogP contribution in [0.5, 0.6) is 5.75 Å². The fourth-order valence-corrected chi connectivity index (χ4v) is 5.50. The fourth-order valence-electron chi connectivity index (χ4n) is 3.95. The molecule has 1 amide bonds. The number of carbonyl (C=O) groups excluding carboxylic acids is 1. The van der Waals surface area contributed by atoms with Crippen molar-refractivity contribution in [3.05, 3.63) is 53.6 Å². The number of sulfonamides is 1. The normalized spacial score (nSPS) is 16.0. The lowest BCUT2D eigenvalue weighted by atomic mass is 10.1. The van der Waals surface area contributed by atoms with Gasteiger partial charge in [0.25, 0.3) is 0 Å². The highest BCUT2D eigenvalue weighted by Gasteiger charge is 2.26. The van der Waals surface area contributed by atoms with Gasteiger partial charge in [-0.05, 0) is 57.5 Å². The number of anilines is 1. The van der Waals surface area contributed by atoms with E-state index < -0.39 is 10.0 Å². The van der Waals surface area contributed by atoms with E-state index in [2.05, 4.69) is 5.32 Å². The van der Waals surface area contributed by atoms with E-state index >= 15 is 0 Å². The molecule has 1 saturated heterocycles. The van der Waals surface area contributed by atoms with Crippen LogP contribution in [-0.2, 0) is 14.8 Å². The van der Waals surface area contributed by atoms with Crippen molar-refractivity contribution in [3.8, 4) is 5.75 Å². The molecule has 1 unspecified atom stereocenters. The molecule has 1 N–H and O–H groups in total. The fraction of sp³-hybridized carbons (Fsp3) is 0.458. The zero-order valence-corrected chi connectivity index (χ0v) is 20.1. The molecular formula is C24H33N3O4S. The Balaban J connectivity index is 1.71. The Morgan fingerprint density at radius 2 is 1.84 bits per heavy atom. The van der Waals surface area contributed by atoms with Gasteiger partial charge in [-0.3, -0.25) is 9.69 Å². The molecule has 32 heavy (non-hydrogen) atoms. The molecule has 0 spiro atoms. The van der Waals surface area contributed by atoms with Gasteiger partial charge in [-0.1, -0.05) is 30.7 Å². The van der Waals surface area contributed by atoms with Crippen LogP contribution in [0.15, 0.2) is 47.4 Å². The van der Waals surface area contributed by atoms with E-state index in [0.717, 1.165) is 36.1 Å². The number of rotatable bonds is 8. The van der Waals surface area contributed by atoms with E-state index in [9.17, 15) is 13.2 Å². The molecule has 1 aliphatic heterocycles. The van der Waals surface area contributed by atoms with Gasteiger partial charge in [-0.2, -0.15) is 4.31 Å². The summed E-state index contributed by atoms with van der Waals surface area (Å²) in [5.74, 6) is 0.573. The third-order valence-corrected chi connectivity index (χ3v) is 7.97. The van der Waals surface area contributed by atoms with Crippen molar-refractivity contribution >= 4 is 21.6 Å². The number of nitrogens with zero attached hydrogens (tertiary/aromatic N) is 2. The Labute approximate surface area is 191 Å². The molecule has 1 atom stereocenters. The van der Waals surface area contributed by atoms with Crippen molar-refractivity contribution in [2.75, 3.05) is 39.1 Å². The Morgan fingerprint density at radius 1 is 1.16 bits per heavy atom. The molecule has 0 aliphatic carbocycles. The van der Waals surface area contributed by atoms with Gasteiger partial charge in [0.15, 0.2) is 0 Å². The number of benzene rings is 2. The number of para-hydroxylation sites is 1. The molecule has 0 saturated carbocycles. The number of aryl methyl sites for hydroxylation is 1. The summed E-state index contributed by atoms with van der Waals surface area (Å²) in [6.45, 7) is 5.12. The molecule has 2 aromatic rings. The highest BCUT2D eigenvalue weighted by molar-refractivity contribution is 7.89. The van der Waals surface area contributed by atoms with Gasteiger partial charge < -0.3 is 10.1 Å². The number of nitrogens with one attached hydrogen (secondary N) is 1. The predicted octanol–water partition coefficient (Wildman–Crippen LogP) is 3.81. The number of hydrogen-bond acceptors (Lipinski definition) is 5. The lowest BCUT2D eigenvalue weighted by Gasteiger charge is -2.27. The lowest BCUT2D eigenvalue weighted by Crippen LogP contribution is -2.35. The van der Waals surface area contributed by atoms with Crippen molar-refractivity contribution in [2.24, 2.45) is 0 Å². The third kappa shape index (κ3) is 5.49. The van der Waals surface area contributed by atoms with Crippen molar-refractivity contribution in [1.82, 2.24) is 9.21 Å². The minimum Gasteiger partial charge on any atom is -0.496 e. The average Bonchev–Trinajstić information content (AvgIpc) is 2.80. The van der Waals surface area contributed by atoms with Crippen LogP contribution >= 0.6 is 0 Å². The smallest absolute Gasteiger partial charge is 0.243 e. The van der Waals surface area contributed by atoms with E-state index in [1.54, 1.807) is 25.3 Å². The molecule has 1 fully saturated rings. The maximum Gasteiger partial charge on any atom is 0.243 e. The zero-order chi connectivity index (χ0) is 23.3. The standard InChI is InChI=1S/C24H33N3O4S/c1-18-12-13-20(32(29,30)27-14-8-5-9-15-27)16-22(18)25-24(28)17-26(3)19(2)21-10-6-7-11-23(21)31-4/h6-7,10-13,16,19H,5,8-9,14-15,17H2,1-4H3,(H,25,28). The quantitative estimate of drug-likeness (QED) is 0.649. The van der Waals surface area contributed by atoms with Crippen LogP contribution in [0.1, 0.15) is 43.4 Å². The van der Waals surface area contributed by atoms with E-state index in [-0.39, 0.29) is 23.4 Å². The molecule has 2 aromatic carbocycles. The van der Waals surface area contributed by atoms with Crippen molar-refractivity contribution in [3.63, 3.8) is 0 Å². The zero-order valence-electron chi connectivity index (χ0n) is 19.3. The van der Waals surface area contributed by atoms with Crippen molar-refractivity contribution < 1.29 is 17.9 Å². The first-order valence-corrected chi connectivity index (χ1v) is 12.4. The summed E-state index contributed by atoms with van der Waals surface area (Å²) >= 11 is 0. The summed E-state index contributed by atoms with van der Waals surface area (Å²) in [4.78, 5) is 14.9. The molecule has 0 radical (unpaired) electrons. The van der Waals surface area contributed by atoms with Gasteiger partial charge in [0.05, 0.1) is 18.6 Å². The third-order valence-electron chi connectivity index (χ3n) is 6.08. The largest absolute Gasteiger partial charge is 0.496 e. The highest BCUT2D eigenvalue weighted by Crippen LogP contribution is 2.28. The average molecular weight is 460 g/mol. The number of piperidine rings is 1. The van der Waals surface area contributed by atoms with E-state index in [4.69, 9.17) is 4.74 Å². The van der Waals surface area contributed by atoms with Gasteiger partial charge in [0, 0.05) is 30.4 Å². The van der Waals surface area contributed by atoms with E-state index in [0.29, 0.717) is 18.8 Å². The second kappa shape index (κ2) is 10.5. The van der Waals surface area contributed by atoms with Crippen LogP contribution < -0.4 is 10.1 Å². The SMILES string of the molecule is COc1ccccc1C(C)N(C)CC(=O)Nc1cc(S(=O)(=O)N2CCCCC2)ccc1C. The summed E-state index contributed by atoms with van der Waals surface area (Å²) in [6, 6.07) is 12.6. The van der Waals surface area contributed by atoms with Gasteiger partial charge >= 0.3 is 0 Å². The second-order valence-corrected chi connectivity index (χ2v) is 10.3. The van der Waals surface area contributed by atoms with Crippen LogP contribution in [0, 0.1) is 6.92 Å². The molecule has 1 aliphatic rings. The Hall–Kier alpha value is -2.42. The number of ether oxygens (including phenoxy) is 1. The Morgan fingerprint density at radius 3 is 2.53 bits per heavy atom. The van der Waals surface area contributed by atoms with Crippen LogP contribution in [0.3, 0.4) is 0 Å².